The standard InChI is InChI=1S/C12H18N2O3S/c1-13-18(16,17)12-5-3-2-4-11(12)14-8-9-6-10(15)7-9/h2-5,9-10,13-15H,6-8H2,1H3. The molecule has 100 valence electrons. The molecule has 1 aliphatic rings. The number of benzene rings is 1. The van der Waals surface area contributed by atoms with Crippen molar-refractivity contribution in [1.82, 2.24) is 4.72 Å². The van der Waals surface area contributed by atoms with E-state index in [9.17, 15) is 13.5 Å². The fourth-order valence-electron chi connectivity index (χ4n) is 2.08. The van der Waals surface area contributed by atoms with Crippen molar-refractivity contribution in [3.63, 3.8) is 0 Å². The van der Waals surface area contributed by atoms with Crippen LogP contribution in [0.5, 0.6) is 0 Å². The molecule has 18 heavy (non-hydrogen) atoms. The predicted molar refractivity (Wildman–Crippen MR) is 69.9 cm³/mol. The Morgan fingerprint density at radius 3 is 2.61 bits per heavy atom. The van der Waals surface area contributed by atoms with Gasteiger partial charge >= 0.3 is 0 Å². The molecule has 0 aliphatic heterocycles. The van der Waals surface area contributed by atoms with Gasteiger partial charge in [0, 0.05) is 6.54 Å². The zero-order chi connectivity index (χ0) is 13.2. The number of sulfonamides is 1. The summed E-state index contributed by atoms with van der Waals surface area (Å²) in [7, 11) is -2.04. The van der Waals surface area contributed by atoms with Crippen LogP contribution < -0.4 is 10.0 Å². The summed E-state index contributed by atoms with van der Waals surface area (Å²) in [6.45, 7) is 0.688. The van der Waals surface area contributed by atoms with Crippen LogP contribution >= 0.6 is 0 Å². The molecule has 2 rings (SSSR count). The molecule has 0 spiro atoms. The Morgan fingerprint density at radius 2 is 2.00 bits per heavy atom. The normalized spacial score (nSPS) is 23.4. The summed E-state index contributed by atoms with van der Waals surface area (Å²) in [6, 6.07) is 6.82. The molecule has 1 aromatic rings. The molecule has 1 aromatic carbocycles. The summed E-state index contributed by atoms with van der Waals surface area (Å²) in [5.41, 5.74) is 0.605. The number of hydrogen-bond acceptors (Lipinski definition) is 4. The van der Waals surface area contributed by atoms with Gasteiger partial charge in [0.05, 0.1) is 11.8 Å². The van der Waals surface area contributed by atoms with E-state index in [1.807, 2.05) is 0 Å². The fraction of sp³-hybridized carbons (Fsp3) is 0.500. The number of nitrogens with one attached hydrogen (secondary N) is 2. The monoisotopic (exact) mass is 270 g/mol. The highest BCUT2D eigenvalue weighted by Crippen LogP contribution is 2.28. The van der Waals surface area contributed by atoms with Crippen LogP contribution in [0.25, 0.3) is 0 Å². The van der Waals surface area contributed by atoms with Crippen LogP contribution in [0.4, 0.5) is 5.69 Å². The second-order valence-electron chi connectivity index (χ2n) is 4.58. The molecule has 0 saturated heterocycles. The number of aliphatic hydroxyl groups is 1. The Balaban J connectivity index is 2.08. The van der Waals surface area contributed by atoms with E-state index in [0.717, 1.165) is 12.8 Å². The summed E-state index contributed by atoms with van der Waals surface area (Å²) in [5.74, 6) is 0.422. The molecule has 6 heteroatoms. The van der Waals surface area contributed by atoms with Gasteiger partial charge in [0.15, 0.2) is 0 Å². The largest absolute Gasteiger partial charge is 0.393 e. The highest BCUT2D eigenvalue weighted by Gasteiger charge is 2.27. The van der Waals surface area contributed by atoms with E-state index in [-0.39, 0.29) is 11.0 Å². The van der Waals surface area contributed by atoms with Crippen LogP contribution in [-0.2, 0) is 10.0 Å². The van der Waals surface area contributed by atoms with E-state index in [2.05, 4.69) is 10.0 Å². The van der Waals surface area contributed by atoms with Gasteiger partial charge < -0.3 is 10.4 Å². The summed E-state index contributed by atoms with van der Waals surface area (Å²) < 4.78 is 25.9. The third-order valence-electron chi connectivity index (χ3n) is 3.24. The molecule has 3 N–H and O–H groups in total. The summed E-state index contributed by atoms with van der Waals surface area (Å²) in [4.78, 5) is 0.257. The minimum Gasteiger partial charge on any atom is -0.393 e. The van der Waals surface area contributed by atoms with E-state index in [4.69, 9.17) is 0 Å². The van der Waals surface area contributed by atoms with Gasteiger partial charge in [-0.15, -0.1) is 0 Å². The number of rotatable bonds is 5. The summed E-state index contributed by atoms with van der Waals surface area (Å²) in [5, 5.41) is 12.3. The minimum absolute atomic E-state index is 0.187. The Hall–Kier alpha value is -1.11. The molecule has 0 unspecified atom stereocenters. The molecule has 0 bridgehead atoms. The zero-order valence-corrected chi connectivity index (χ0v) is 11.1. The summed E-state index contributed by atoms with van der Waals surface area (Å²) in [6.07, 6.45) is 1.38. The second-order valence-corrected chi connectivity index (χ2v) is 6.43. The second kappa shape index (κ2) is 5.26. The number of para-hydroxylation sites is 1. The van der Waals surface area contributed by atoms with E-state index < -0.39 is 10.0 Å². The van der Waals surface area contributed by atoms with Gasteiger partial charge in [-0.3, -0.25) is 0 Å². The molecule has 0 radical (unpaired) electrons. The van der Waals surface area contributed by atoms with Crippen molar-refractivity contribution in [2.75, 3.05) is 18.9 Å². The van der Waals surface area contributed by atoms with Crippen LogP contribution in [0.1, 0.15) is 12.8 Å². The molecule has 1 aliphatic carbocycles. The lowest BCUT2D eigenvalue weighted by molar-refractivity contribution is 0.0486. The van der Waals surface area contributed by atoms with E-state index in [1.165, 1.54) is 7.05 Å². The SMILES string of the molecule is CNS(=O)(=O)c1ccccc1NCC1CC(O)C1. The van der Waals surface area contributed by atoms with Crippen LogP contribution in [0, 0.1) is 5.92 Å². The van der Waals surface area contributed by atoms with Crippen LogP contribution in [0.2, 0.25) is 0 Å². The summed E-state index contributed by atoms with van der Waals surface area (Å²) >= 11 is 0. The lowest BCUT2D eigenvalue weighted by Gasteiger charge is -2.31. The molecule has 1 fully saturated rings. The molecular formula is C12H18N2O3S. The van der Waals surface area contributed by atoms with Gasteiger partial charge in [-0.25, -0.2) is 13.1 Å². The van der Waals surface area contributed by atoms with Crippen molar-refractivity contribution in [3.8, 4) is 0 Å². The van der Waals surface area contributed by atoms with Crippen molar-refractivity contribution in [1.29, 1.82) is 0 Å². The van der Waals surface area contributed by atoms with Crippen molar-refractivity contribution in [2.45, 2.75) is 23.8 Å². The Labute approximate surface area is 107 Å². The van der Waals surface area contributed by atoms with Crippen molar-refractivity contribution in [2.24, 2.45) is 5.92 Å². The highest BCUT2D eigenvalue weighted by molar-refractivity contribution is 7.89. The maximum absolute atomic E-state index is 11.8. The fourth-order valence-corrected chi connectivity index (χ4v) is 2.99. The maximum atomic E-state index is 11.8. The van der Waals surface area contributed by atoms with E-state index in [1.54, 1.807) is 24.3 Å². The first-order valence-corrected chi connectivity index (χ1v) is 7.46. The first-order chi connectivity index (χ1) is 8.53. The van der Waals surface area contributed by atoms with E-state index >= 15 is 0 Å². The maximum Gasteiger partial charge on any atom is 0.242 e. The first kappa shape index (κ1) is 13.3. The van der Waals surface area contributed by atoms with Gasteiger partial charge in [-0.05, 0) is 37.9 Å². The van der Waals surface area contributed by atoms with Crippen molar-refractivity contribution >= 4 is 15.7 Å². The van der Waals surface area contributed by atoms with Crippen molar-refractivity contribution in [3.05, 3.63) is 24.3 Å². The Bertz CT molecular complexity index is 510. The van der Waals surface area contributed by atoms with Crippen LogP contribution in [0.3, 0.4) is 0 Å². The molecule has 5 nitrogen and oxygen atoms in total. The zero-order valence-electron chi connectivity index (χ0n) is 10.3. The molecule has 1 saturated carbocycles. The third kappa shape index (κ3) is 2.82. The van der Waals surface area contributed by atoms with Crippen LogP contribution in [0.15, 0.2) is 29.2 Å². The molecule has 0 aromatic heterocycles. The topological polar surface area (TPSA) is 78.4 Å². The number of hydrogen-bond donors (Lipinski definition) is 3. The van der Waals surface area contributed by atoms with Gasteiger partial charge in [0.2, 0.25) is 10.0 Å². The Morgan fingerprint density at radius 1 is 1.33 bits per heavy atom. The van der Waals surface area contributed by atoms with Crippen LogP contribution in [-0.4, -0.2) is 33.2 Å². The van der Waals surface area contributed by atoms with Gasteiger partial charge in [-0.1, -0.05) is 12.1 Å². The smallest absolute Gasteiger partial charge is 0.242 e. The number of anilines is 1. The van der Waals surface area contributed by atoms with Gasteiger partial charge in [0.1, 0.15) is 4.90 Å². The Kier molecular flexibility index (Phi) is 3.89. The lowest BCUT2D eigenvalue weighted by atomic mass is 9.82. The molecular weight excluding hydrogens is 252 g/mol. The average Bonchev–Trinajstić information content (AvgIpc) is 2.33. The van der Waals surface area contributed by atoms with Gasteiger partial charge in [-0.2, -0.15) is 0 Å². The minimum atomic E-state index is -3.44. The first-order valence-electron chi connectivity index (χ1n) is 5.97. The highest BCUT2D eigenvalue weighted by atomic mass is 32.2. The molecule has 0 heterocycles. The molecule has 0 amide bonds. The lowest BCUT2D eigenvalue weighted by Crippen LogP contribution is -2.33. The predicted octanol–water partition coefficient (Wildman–Crippen LogP) is 0.777. The van der Waals surface area contributed by atoms with Crippen molar-refractivity contribution < 1.29 is 13.5 Å². The quantitative estimate of drug-likeness (QED) is 0.739. The number of aliphatic hydroxyl groups excluding tert-OH is 1. The van der Waals surface area contributed by atoms with Gasteiger partial charge in [0.25, 0.3) is 0 Å². The van der Waals surface area contributed by atoms with E-state index in [0.29, 0.717) is 18.2 Å². The molecule has 0 atom stereocenters. The average molecular weight is 270 g/mol. The third-order valence-corrected chi connectivity index (χ3v) is 4.71.